The number of carbonyl (C=O) groups excluding carboxylic acids is 1. The van der Waals surface area contributed by atoms with Crippen molar-refractivity contribution in [2.45, 2.75) is 5.92 Å². The summed E-state index contributed by atoms with van der Waals surface area (Å²) < 4.78 is 0. The summed E-state index contributed by atoms with van der Waals surface area (Å²) in [5.74, 6) is 1.37. The predicted molar refractivity (Wildman–Crippen MR) is 90.7 cm³/mol. The van der Waals surface area contributed by atoms with Crippen molar-refractivity contribution in [2.24, 2.45) is 0 Å². The summed E-state index contributed by atoms with van der Waals surface area (Å²) in [7, 11) is 0. The standard InChI is InChI=1S/C16H13Cl2NOS/c17-10-5-6-15-12(7-10)13(8-21-9-16(20)19-15)11-3-1-2-4-14(11)18/h1-7,13H,8-9H2,(H,19,20). The van der Waals surface area contributed by atoms with E-state index in [1.165, 1.54) is 0 Å². The van der Waals surface area contributed by atoms with E-state index in [9.17, 15) is 4.79 Å². The van der Waals surface area contributed by atoms with Crippen LogP contribution in [-0.2, 0) is 4.79 Å². The molecule has 1 heterocycles. The summed E-state index contributed by atoms with van der Waals surface area (Å²) in [4.78, 5) is 11.8. The molecule has 0 aromatic heterocycles. The van der Waals surface area contributed by atoms with E-state index in [2.05, 4.69) is 5.32 Å². The van der Waals surface area contributed by atoms with Crippen molar-refractivity contribution >= 4 is 46.6 Å². The molecule has 2 aromatic rings. The highest BCUT2D eigenvalue weighted by atomic mass is 35.5. The Morgan fingerprint density at radius 1 is 1.10 bits per heavy atom. The largest absolute Gasteiger partial charge is 0.325 e. The van der Waals surface area contributed by atoms with Gasteiger partial charge in [0.1, 0.15) is 0 Å². The number of hydrogen-bond acceptors (Lipinski definition) is 2. The third-order valence-electron chi connectivity index (χ3n) is 3.46. The fourth-order valence-corrected chi connectivity index (χ4v) is 3.91. The topological polar surface area (TPSA) is 29.1 Å². The molecule has 0 bridgehead atoms. The first-order chi connectivity index (χ1) is 10.1. The summed E-state index contributed by atoms with van der Waals surface area (Å²) >= 11 is 14.1. The Balaban J connectivity index is 2.13. The molecular weight excluding hydrogens is 325 g/mol. The van der Waals surface area contributed by atoms with Crippen LogP contribution in [0.25, 0.3) is 0 Å². The Morgan fingerprint density at radius 2 is 1.90 bits per heavy atom. The number of anilines is 1. The van der Waals surface area contributed by atoms with E-state index in [0.717, 1.165) is 27.6 Å². The predicted octanol–water partition coefficient (Wildman–Crippen LogP) is 4.81. The van der Waals surface area contributed by atoms with Crippen molar-refractivity contribution in [1.29, 1.82) is 0 Å². The highest BCUT2D eigenvalue weighted by molar-refractivity contribution is 8.00. The lowest BCUT2D eigenvalue weighted by molar-refractivity contribution is -0.113. The van der Waals surface area contributed by atoms with Gasteiger partial charge in [-0.1, -0.05) is 41.4 Å². The number of carbonyl (C=O) groups is 1. The Bertz CT molecular complexity index is 690. The first kappa shape index (κ1) is 14.8. The second-order valence-electron chi connectivity index (χ2n) is 4.87. The highest BCUT2D eigenvalue weighted by Gasteiger charge is 2.23. The monoisotopic (exact) mass is 337 g/mol. The molecule has 0 fully saturated rings. The maximum atomic E-state index is 11.8. The number of hydrogen-bond donors (Lipinski definition) is 1. The zero-order valence-electron chi connectivity index (χ0n) is 11.1. The smallest absolute Gasteiger partial charge is 0.234 e. The first-order valence-electron chi connectivity index (χ1n) is 6.56. The molecule has 21 heavy (non-hydrogen) atoms. The number of benzene rings is 2. The summed E-state index contributed by atoms with van der Waals surface area (Å²) in [5, 5.41) is 4.34. The molecule has 0 saturated heterocycles. The Kier molecular flexibility index (Phi) is 4.43. The van der Waals surface area contributed by atoms with Crippen LogP contribution in [0.15, 0.2) is 42.5 Å². The molecule has 108 valence electrons. The normalized spacial score (nSPS) is 18.4. The minimum Gasteiger partial charge on any atom is -0.325 e. The van der Waals surface area contributed by atoms with E-state index in [0.29, 0.717) is 10.8 Å². The van der Waals surface area contributed by atoms with Gasteiger partial charge in [0.15, 0.2) is 0 Å². The molecule has 0 spiro atoms. The summed E-state index contributed by atoms with van der Waals surface area (Å²) in [6.07, 6.45) is 0. The van der Waals surface area contributed by atoms with E-state index < -0.39 is 0 Å². The SMILES string of the molecule is O=C1CSCC(c2ccccc2Cl)c2cc(Cl)ccc2N1. The van der Waals surface area contributed by atoms with Gasteiger partial charge in [-0.2, -0.15) is 11.8 Å². The van der Waals surface area contributed by atoms with Crippen LogP contribution < -0.4 is 5.32 Å². The van der Waals surface area contributed by atoms with Crippen molar-refractivity contribution in [3.63, 3.8) is 0 Å². The molecule has 1 N–H and O–H groups in total. The van der Waals surface area contributed by atoms with Gasteiger partial charge in [0.25, 0.3) is 0 Å². The zero-order valence-corrected chi connectivity index (χ0v) is 13.4. The minimum atomic E-state index is 0.0150. The Morgan fingerprint density at radius 3 is 2.71 bits per heavy atom. The van der Waals surface area contributed by atoms with E-state index in [4.69, 9.17) is 23.2 Å². The molecule has 5 heteroatoms. The van der Waals surface area contributed by atoms with Gasteiger partial charge in [0.05, 0.1) is 5.75 Å². The van der Waals surface area contributed by atoms with Crippen molar-refractivity contribution in [3.05, 3.63) is 63.6 Å². The van der Waals surface area contributed by atoms with Gasteiger partial charge >= 0.3 is 0 Å². The molecule has 1 aliphatic rings. The van der Waals surface area contributed by atoms with Crippen molar-refractivity contribution in [2.75, 3.05) is 16.8 Å². The van der Waals surface area contributed by atoms with Crippen molar-refractivity contribution < 1.29 is 4.79 Å². The van der Waals surface area contributed by atoms with Crippen LogP contribution in [-0.4, -0.2) is 17.4 Å². The quantitative estimate of drug-likeness (QED) is 0.808. The van der Waals surface area contributed by atoms with E-state index in [-0.39, 0.29) is 11.8 Å². The van der Waals surface area contributed by atoms with Crippen LogP contribution in [0.2, 0.25) is 10.0 Å². The minimum absolute atomic E-state index is 0.0150. The molecule has 0 radical (unpaired) electrons. The molecular formula is C16H13Cl2NOS. The van der Waals surface area contributed by atoms with Crippen LogP contribution in [0.1, 0.15) is 17.0 Å². The molecule has 1 amide bonds. The molecule has 2 aromatic carbocycles. The Labute approximate surface area is 137 Å². The van der Waals surface area contributed by atoms with Crippen LogP contribution in [0.5, 0.6) is 0 Å². The van der Waals surface area contributed by atoms with Gasteiger partial charge in [0, 0.05) is 27.4 Å². The fourth-order valence-electron chi connectivity index (χ4n) is 2.50. The van der Waals surface area contributed by atoms with Gasteiger partial charge in [0.2, 0.25) is 5.91 Å². The van der Waals surface area contributed by atoms with Crippen LogP contribution in [0, 0.1) is 0 Å². The lowest BCUT2D eigenvalue weighted by Crippen LogP contribution is -2.21. The van der Waals surface area contributed by atoms with Gasteiger partial charge in [-0.05, 0) is 35.4 Å². The lowest BCUT2D eigenvalue weighted by Gasteiger charge is -2.24. The second-order valence-corrected chi connectivity index (χ2v) is 6.74. The third kappa shape index (κ3) is 3.20. The van der Waals surface area contributed by atoms with Crippen LogP contribution >= 0.6 is 35.0 Å². The maximum absolute atomic E-state index is 11.8. The molecule has 2 nitrogen and oxygen atoms in total. The number of nitrogens with one attached hydrogen (secondary N) is 1. The van der Waals surface area contributed by atoms with Crippen molar-refractivity contribution in [3.8, 4) is 0 Å². The Hall–Kier alpha value is -1.16. The average Bonchev–Trinajstić information content (AvgIpc) is 2.45. The van der Waals surface area contributed by atoms with E-state index >= 15 is 0 Å². The third-order valence-corrected chi connectivity index (χ3v) is 5.08. The van der Waals surface area contributed by atoms with Gasteiger partial charge in [-0.25, -0.2) is 0 Å². The van der Waals surface area contributed by atoms with E-state index in [1.807, 2.05) is 36.4 Å². The molecule has 1 unspecified atom stereocenters. The number of fused-ring (bicyclic) bond motifs is 1. The lowest BCUT2D eigenvalue weighted by atomic mass is 9.91. The molecule has 3 rings (SSSR count). The highest BCUT2D eigenvalue weighted by Crippen LogP contribution is 2.38. The molecule has 0 saturated carbocycles. The fraction of sp³-hybridized carbons (Fsp3) is 0.188. The zero-order chi connectivity index (χ0) is 14.8. The maximum Gasteiger partial charge on any atom is 0.234 e. The van der Waals surface area contributed by atoms with Crippen LogP contribution in [0.4, 0.5) is 5.69 Å². The van der Waals surface area contributed by atoms with Gasteiger partial charge < -0.3 is 5.32 Å². The van der Waals surface area contributed by atoms with E-state index in [1.54, 1.807) is 17.8 Å². The first-order valence-corrected chi connectivity index (χ1v) is 8.47. The number of thioether (sulfide) groups is 1. The summed E-state index contributed by atoms with van der Waals surface area (Å²) in [5.41, 5.74) is 2.89. The number of rotatable bonds is 1. The average molecular weight is 338 g/mol. The molecule has 0 aliphatic carbocycles. The van der Waals surface area contributed by atoms with Gasteiger partial charge in [-0.15, -0.1) is 0 Å². The van der Waals surface area contributed by atoms with Crippen molar-refractivity contribution in [1.82, 2.24) is 0 Å². The van der Waals surface area contributed by atoms with Crippen LogP contribution in [0.3, 0.4) is 0 Å². The number of amides is 1. The molecule has 1 aliphatic heterocycles. The summed E-state index contributed by atoms with van der Waals surface area (Å²) in [6, 6.07) is 13.4. The number of halogens is 2. The summed E-state index contributed by atoms with van der Waals surface area (Å²) in [6.45, 7) is 0. The van der Waals surface area contributed by atoms with Gasteiger partial charge in [-0.3, -0.25) is 4.79 Å². The second kappa shape index (κ2) is 6.30. The molecule has 1 atom stereocenters.